The van der Waals surface area contributed by atoms with E-state index in [0.717, 1.165) is 5.39 Å². The number of hydrogen-bond acceptors (Lipinski definition) is 4. The van der Waals surface area contributed by atoms with Crippen molar-refractivity contribution in [1.29, 1.82) is 0 Å². The number of H-pyrrole nitrogens is 1. The Kier molecular flexibility index (Phi) is 3.27. The monoisotopic (exact) mass is 283 g/mol. The summed E-state index contributed by atoms with van der Waals surface area (Å²) in [7, 11) is 0. The van der Waals surface area contributed by atoms with Gasteiger partial charge < -0.3 is 0 Å². The maximum atomic E-state index is 13.3. The predicted octanol–water partition coefficient (Wildman–Crippen LogP) is 3.05. The first-order valence-electron chi connectivity index (χ1n) is 6.27. The van der Waals surface area contributed by atoms with Gasteiger partial charge in [0.15, 0.2) is 5.82 Å². The van der Waals surface area contributed by atoms with Crippen LogP contribution in [0.3, 0.4) is 0 Å². The molecule has 0 bridgehead atoms. The smallest absolute Gasteiger partial charge is 0.267 e. The van der Waals surface area contributed by atoms with Crippen LogP contribution >= 0.6 is 0 Å². The molecule has 104 valence electrons. The van der Waals surface area contributed by atoms with Crippen LogP contribution in [0.5, 0.6) is 0 Å². The summed E-state index contributed by atoms with van der Waals surface area (Å²) in [5.41, 5.74) is 0.842. The highest BCUT2D eigenvalue weighted by molar-refractivity contribution is 5.83. The van der Waals surface area contributed by atoms with Crippen molar-refractivity contribution in [2.24, 2.45) is 5.18 Å². The summed E-state index contributed by atoms with van der Waals surface area (Å²) >= 11 is 0. The number of nitrogens with zero attached hydrogens (tertiary/aromatic N) is 2. The fourth-order valence-corrected chi connectivity index (χ4v) is 2.24. The summed E-state index contributed by atoms with van der Waals surface area (Å²) in [6.45, 7) is 0. The molecular formula is C15H10FN3O2. The minimum absolute atomic E-state index is 0.235. The molecule has 1 N–H and O–H groups in total. The van der Waals surface area contributed by atoms with E-state index in [0.29, 0.717) is 23.1 Å². The Labute approximate surface area is 118 Å². The highest BCUT2D eigenvalue weighted by Crippen LogP contribution is 2.22. The molecule has 1 heterocycles. The molecule has 3 rings (SSSR count). The molecule has 21 heavy (non-hydrogen) atoms. The Bertz CT molecular complexity index is 889. The van der Waals surface area contributed by atoms with Crippen LogP contribution in [-0.2, 0) is 6.42 Å². The van der Waals surface area contributed by atoms with E-state index in [9.17, 15) is 14.1 Å². The quantitative estimate of drug-likeness (QED) is 0.750. The van der Waals surface area contributed by atoms with Crippen LogP contribution in [0.4, 0.5) is 10.1 Å². The van der Waals surface area contributed by atoms with Crippen molar-refractivity contribution >= 4 is 16.5 Å². The molecule has 0 aliphatic heterocycles. The summed E-state index contributed by atoms with van der Waals surface area (Å²) in [6, 6.07) is 11.2. The molecular weight excluding hydrogens is 273 g/mol. The lowest BCUT2D eigenvalue weighted by atomic mass is 10.0. The van der Waals surface area contributed by atoms with Crippen LogP contribution in [0.2, 0.25) is 0 Å². The van der Waals surface area contributed by atoms with Crippen molar-refractivity contribution in [2.75, 3.05) is 0 Å². The molecule has 1 aromatic heterocycles. The van der Waals surface area contributed by atoms with Gasteiger partial charge in [0.05, 0.1) is 11.1 Å². The summed E-state index contributed by atoms with van der Waals surface area (Å²) in [5, 5.41) is 10.4. The van der Waals surface area contributed by atoms with E-state index in [1.807, 2.05) is 6.07 Å². The third-order valence-corrected chi connectivity index (χ3v) is 3.26. The standard InChI is InChI=1S/C15H10FN3O2/c16-12-6-5-9(8-14(12)19-21)7-13-10-3-1-2-4-11(10)15(20)18-17-13/h1-6,8H,7H2,(H,18,20). The van der Waals surface area contributed by atoms with Gasteiger partial charge in [0.2, 0.25) is 0 Å². The van der Waals surface area contributed by atoms with E-state index < -0.39 is 5.82 Å². The summed E-state index contributed by atoms with van der Waals surface area (Å²) < 4.78 is 13.3. The fourth-order valence-electron chi connectivity index (χ4n) is 2.24. The van der Waals surface area contributed by atoms with Gasteiger partial charge in [-0.2, -0.15) is 5.10 Å². The van der Waals surface area contributed by atoms with E-state index in [4.69, 9.17) is 0 Å². The van der Waals surface area contributed by atoms with Crippen LogP contribution in [0.25, 0.3) is 10.8 Å². The highest BCUT2D eigenvalue weighted by Gasteiger charge is 2.09. The molecule has 5 nitrogen and oxygen atoms in total. The topological polar surface area (TPSA) is 75.2 Å². The second-order valence-corrected chi connectivity index (χ2v) is 4.60. The lowest BCUT2D eigenvalue weighted by Gasteiger charge is -2.05. The van der Waals surface area contributed by atoms with Crippen LogP contribution < -0.4 is 5.56 Å². The van der Waals surface area contributed by atoms with E-state index in [2.05, 4.69) is 15.4 Å². The molecule has 0 saturated heterocycles. The van der Waals surface area contributed by atoms with Gasteiger partial charge in [-0.3, -0.25) is 4.79 Å². The molecule has 0 saturated carbocycles. The molecule has 0 aliphatic carbocycles. The zero-order valence-corrected chi connectivity index (χ0v) is 10.8. The van der Waals surface area contributed by atoms with Crippen LogP contribution in [0, 0.1) is 10.7 Å². The fraction of sp³-hybridized carbons (Fsp3) is 0.0667. The minimum Gasteiger partial charge on any atom is -0.267 e. The van der Waals surface area contributed by atoms with Gasteiger partial charge in [0.1, 0.15) is 5.69 Å². The largest absolute Gasteiger partial charge is 0.272 e. The van der Waals surface area contributed by atoms with Crippen molar-refractivity contribution in [3.63, 3.8) is 0 Å². The lowest BCUT2D eigenvalue weighted by molar-refractivity contribution is 0.629. The van der Waals surface area contributed by atoms with Crippen LogP contribution in [0.1, 0.15) is 11.3 Å². The van der Waals surface area contributed by atoms with Gasteiger partial charge in [0, 0.05) is 11.8 Å². The Morgan fingerprint density at radius 1 is 1.14 bits per heavy atom. The average molecular weight is 283 g/mol. The summed E-state index contributed by atoms with van der Waals surface area (Å²) in [5.74, 6) is -0.659. The maximum absolute atomic E-state index is 13.3. The van der Waals surface area contributed by atoms with Gasteiger partial charge >= 0.3 is 0 Å². The SMILES string of the molecule is O=Nc1cc(Cc2n[nH]c(=O)c3ccccc23)ccc1F. The molecule has 6 heteroatoms. The first-order chi connectivity index (χ1) is 10.2. The molecule has 0 aliphatic rings. The van der Waals surface area contributed by atoms with E-state index in [1.54, 1.807) is 24.3 Å². The van der Waals surface area contributed by atoms with Crippen molar-refractivity contribution in [3.05, 3.63) is 74.8 Å². The maximum Gasteiger partial charge on any atom is 0.272 e. The number of hydrogen-bond donors (Lipinski definition) is 1. The first-order valence-corrected chi connectivity index (χ1v) is 6.27. The van der Waals surface area contributed by atoms with Crippen molar-refractivity contribution < 1.29 is 4.39 Å². The van der Waals surface area contributed by atoms with E-state index in [-0.39, 0.29) is 11.2 Å². The third-order valence-electron chi connectivity index (χ3n) is 3.26. The second kappa shape index (κ2) is 5.24. The molecule has 0 unspecified atom stereocenters. The molecule has 2 aromatic carbocycles. The minimum atomic E-state index is -0.659. The molecule has 3 aromatic rings. The Hall–Kier alpha value is -2.89. The summed E-state index contributed by atoms with van der Waals surface area (Å²) in [6.07, 6.45) is 0.361. The van der Waals surface area contributed by atoms with Gasteiger partial charge in [-0.05, 0) is 28.9 Å². The first kappa shape index (κ1) is 13.1. The number of nitrogens with one attached hydrogen (secondary N) is 1. The van der Waals surface area contributed by atoms with Gasteiger partial charge in [-0.25, -0.2) is 9.49 Å². The number of aromatic amines is 1. The molecule has 0 amide bonds. The second-order valence-electron chi connectivity index (χ2n) is 4.60. The van der Waals surface area contributed by atoms with Crippen molar-refractivity contribution in [1.82, 2.24) is 10.2 Å². The number of nitroso groups, excluding NO2 is 1. The van der Waals surface area contributed by atoms with Gasteiger partial charge in [-0.15, -0.1) is 4.91 Å². The van der Waals surface area contributed by atoms with E-state index in [1.165, 1.54) is 12.1 Å². The molecule has 0 fully saturated rings. The average Bonchev–Trinajstić information content (AvgIpc) is 2.52. The molecule has 0 spiro atoms. The highest BCUT2D eigenvalue weighted by atomic mass is 19.1. The van der Waals surface area contributed by atoms with Gasteiger partial charge in [-0.1, -0.05) is 24.3 Å². The van der Waals surface area contributed by atoms with Gasteiger partial charge in [0.25, 0.3) is 5.56 Å². The Morgan fingerprint density at radius 2 is 1.90 bits per heavy atom. The van der Waals surface area contributed by atoms with Crippen molar-refractivity contribution in [2.45, 2.75) is 6.42 Å². The number of aromatic nitrogens is 2. The normalized spacial score (nSPS) is 10.7. The summed E-state index contributed by atoms with van der Waals surface area (Å²) in [4.78, 5) is 22.2. The van der Waals surface area contributed by atoms with Crippen LogP contribution in [0.15, 0.2) is 52.4 Å². The number of halogens is 1. The number of benzene rings is 2. The Morgan fingerprint density at radius 3 is 2.67 bits per heavy atom. The third kappa shape index (κ3) is 2.43. The zero-order chi connectivity index (χ0) is 14.8. The molecule has 0 radical (unpaired) electrons. The number of fused-ring (bicyclic) bond motifs is 1. The van der Waals surface area contributed by atoms with E-state index >= 15 is 0 Å². The molecule has 0 atom stereocenters. The van der Waals surface area contributed by atoms with Crippen LogP contribution in [-0.4, -0.2) is 10.2 Å². The predicted molar refractivity (Wildman–Crippen MR) is 77.0 cm³/mol. The van der Waals surface area contributed by atoms with Crippen molar-refractivity contribution in [3.8, 4) is 0 Å². The lowest BCUT2D eigenvalue weighted by Crippen LogP contribution is -2.11. The Balaban J connectivity index is 2.08. The zero-order valence-electron chi connectivity index (χ0n) is 10.8. The number of rotatable bonds is 3.